The minimum atomic E-state index is 0.780. The van der Waals surface area contributed by atoms with Crippen LogP contribution in [0, 0.1) is 0 Å². The summed E-state index contributed by atoms with van der Waals surface area (Å²) in [4.78, 5) is 6.35. The monoisotopic (exact) mass is 305 g/mol. The molecule has 2 aromatic rings. The number of anilines is 1. The summed E-state index contributed by atoms with van der Waals surface area (Å²) in [6.45, 7) is 1.75. The largest absolute Gasteiger partial charge is 0.398 e. The standard InChI is InChI=1S/C14H16BrN3/c1-18(10-12-3-2-6-17-8-12)9-11-4-5-13(15)14(16)7-11/h2-8H,9-10,16H2,1H3. The van der Waals surface area contributed by atoms with E-state index in [4.69, 9.17) is 5.73 Å². The van der Waals surface area contributed by atoms with Gasteiger partial charge in [-0.3, -0.25) is 9.88 Å². The smallest absolute Gasteiger partial charge is 0.0461 e. The highest BCUT2D eigenvalue weighted by Crippen LogP contribution is 2.21. The maximum Gasteiger partial charge on any atom is 0.0461 e. The summed E-state index contributed by atoms with van der Waals surface area (Å²) in [6.07, 6.45) is 3.69. The molecule has 0 amide bonds. The van der Waals surface area contributed by atoms with Crippen molar-refractivity contribution in [3.63, 3.8) is 0 Å². The number of nitrogens with zero attached hydrogens (tertiary/aromatic N) is 2. The molecular weight excluding hydrogens is 290 g/mol. The third-order valence-corrected chi connectivity index (χ3v) is 3.41. The summed E-state index contributed by atoms with van der Waals surface area (Å²) >= 11 is 3.40. The molecule has 0 saturated carbocycles. The van der Waals surface area contributed by atoms with Crippen LogP contribution in [-0.2, 0) is 13.1 Å². The topological polar surface area (TPSA) is 42.2 Å². The van der Waals surface area contributed by atoms with Crippen molar-refractivity contribution < 1.29 is 0 Å². The Morgan fingerprint density at radius 2 is 2.00 bits per heavy atom. The predicted octanol–water partition coefficient (Wildman–Crippen LogP) is 3.06. The maximum absolute atomic E-state index is 5.87. The van der Waals surface area contributed by atoms with Crippen molar-refractivity contribution in [2.75, 3.05) is 12.8 Å². The van der Waals surface area contributed by atoms with Crippen LogP contribution in [0.2, 0.25) is 0 Å². The van der Waals surface area contributed by atoms with E-state index in [9.17, 15) is 0 Å². The van der Waals surface area contributed by atoms with Gasteiger partial charge in [0.15, 0.2) is 0 Å². The highest BCUT2D eigenvalue weighted by Gasteiger charge is 2.03. The van der Waals surface area contributed by atoms with Gasteiger partial charge in [0.25, 0.3) is 0 Å². The molecule has 0 bridgehead atoms. The second-order valence-electron chi connectivity index (χ2n) is 4.39. The molecule has 0 fully saturated rings. The van der Waals surface area contributed by atoms with E-state index < -0.39 is 0 Å². The fraction of sp³-hybridized carbons (Fsp3) is 0.214. The lowest BCUT2D eigenvalue weighted by Gasteiger charge is -2.17. The molecule has 4 heteroatoms. The van der Waals surface area contributed by atoms with Crippen LogP contribution in [0.1, 0.15) is 11.1 Å². The number of nitrogen functional groups attached to an aromatic ring is 1. The number of pyridine rings is 1. The van der Waals surface area contributed by atoms with Crippen molar-refractivity contribution in [2.45, 2.75) is 13.1 Å². The third-order valence-electron chi connectivity index (χ3n) is 2.69. The first-order chi connectivity index (χ1) is 8.65. The van der Waals surface area contributed by atoms with Crippen molar-refractivity contribution in [3.05, 3.63) is 58.3 Å². The molecule has 1 aromatic carbocycles. The van der Waals surface area contributed by atoms with Crippen molar-refractivity contribution >= 4 is 21.6 Å². The van der Waals surface area contributed by atoms with Crippen molar-refractivity contribution in [1.29, 1.82) is 0 Å². The molecule has 1 aromatic heterocycles. The van der Waals surface area contributed by atoms with Crippen molar-refractivity contribution in [3.8, 4) is 0 Å². The fourth-order valence-corrected chi connectivity index (χ4v) is 2.11. The first kappa shape index (κ1) is 13.1. The predicted molar refractivity (Wildman–Crippen MR) is 78.0 cm³/mol. The maximum atomic E-state index is 5.87. The van der Waals surface area contributed by atoms with Crippen LogP contribution >= 0.6 is 15.9 Å². The molecule has 18 heavy (non-hydrogen) atoms. The summed E-state index contributed by atoms with van der Waals surface area (Å²) < 4.78 is 0.946. The van der Waals surface area contributed by atoms with Gasteiger partial charge in [0.1, 0.15) is 0 Å². The van der Waals surface area contributed by atoms with Gasteiger partial charge in [-0.15, -0.1) is 0 Å². The highest BCUT2D eigenvalue weighted by atomic mass is 79.9. The average molecular weight is 306 g/mol. The van der Waals surface area contributed by atoms with E-state index in [-0.39, 0.29) is 0 Å². The molecule has 0 spiro atoms. The average Bonchev–Trinajstić information content (AvgIpc) is 2.35. The zero-order chi connectivity index (χ0) is 13.0. The van der Waals surface area contributed by atoms with Crippen LogP contribution in [0.3, 0.4) is 0 Å². The minimum absolute atomic E-state index is 0.780. The summed E-state index contributed by atoms with van der Waals surface area (Å²) in [5, 5.41) is 0. The molecule has 0 aliphatic heterocycles. The van der Waals surface area contributed by atoms with Crippen LogP contribution in [0.25, 0.3) is 0 Å². The molecule has 2 rings (SSSR count). The second-order valence-corrected chi connectivity index (χ2v) is 5.24. The zero-order valence-electron chi connectivity index (χ0n) is 10.3. The van der Waals surface area contributed by atoms with Gasteiger partial charge in [-0.05, 0) is 52.3 Å². The Labute approximate surface area is 116 Å². The zero-order valence-corrected chi connectivity index (χ0v) is 11.9. The van der Waals surface area contributed by atoms with Gasteiger partial charge in [-0.2, -0.15) is 0 Å². The van der Waals surface area contributed by atoms with Gasteiger partial charge in [0.2, 0.25) is 0 Å². The molecule has 0 saturated heterocycles. The number of halogens is 1. The van der Waals surface area contributed by atoms with Crippen LogP contribution in [0.15, 0.2) is 47.2 Å². The Bertz CT molecular complexity index is 514. The van der Waals surface area contributed by atoms with E-state index in [0.29, 0.717) is 0 Å². The molecule has 1 heterocycles. The lowest BCUT2D eigenvalue weighted by molar-refractivity contribution is 0.319. The lowest BCUT2D eigenvalue weighted by atomic mass is 10.2. The second kappa shape index (κ2) is 5.98. The quantitative estimate of drug-likeness (QED) is 0.883. The molecule has 94 valence electrons. The number of nitrogens with two attached hydrogens (primary N) is 1. The molecular formula is C14H16BrN3. The summed E-state index contributed by atoms with van der Waals surface area (Å²) in [6, 6.07) is 10.1. The van der Waals surface area contributed by atoms with Gasteiger partial charge < -0.3 is 5.73 Å². The molecule has 0 radical (unpaired) electrons. The number of hydrogen-bond donors (Lipinski definition) is 1. The number of benzene rings is 1. The van der Waals surface area contributed by atoms with Gasteiger partial charge >= 0.3 is 0 Å². The molecule has 0 aliphatic carbocycles. The molecule has 0 unspecified atom stereocenters. The van der Waals surface area contributed by atoms with E-state index >= 15 is 0 Å². The Morgan fingerprint density at radius 3 is 2.67 bits per heavy atom. The Morgan fingerprint density at radius 1 is 1.22 bits per heavy atom. The van der Waals surface area contributed by atoms with Crippen molar-refractivity contribution in [2.24, 2.45) is 0 Å². The molecule has 0 atom stereocenters. The number of rotatable bonds is 4. The van der Waals surface area contributed by atoms with Crippen molar-refractivity contribution in [1.82, 2.24) is 9.88 Å². The Balaban J connectivity index is 1.99. The normalized spacial score (nSPS) is 10.8. The number of hydrogen-bond acceptors (Lipinski definition) is 3. The van der Waals surface area contributed by atoms with E-state index in [1.54, 1.807) is 6.20 Å². The van der Waals surface area contributed by atoms with E-state index in [0.717, 1.165) is 23.2 Å². The first-order valence-corrected chi connectivity index (χ1v) is 6.56. The fourth-order valence-electron chi connectivity index (χ4n) is 1.86. The highest BCUT2D eigenvalue weighted by molar-refractivity contribution is 9.10. The summed E-state index contributed by atoms with van der Waals surface area (Å²) in [7, 11) is 2.09. The van der Waals surface area contributed by atoms with E-state index in [1.807, 2.05) is 24.4 Å². The van der Waals surface area contributed by atoms with Crippen LogP contribution < -0.4 is 5.73 Å². The number of aromatic nitrogens is 1. The molecule has 0 aliphatic rings. The third kappa shape index (κ3) is 3.55. The van der Waals surface area contributed by atoms with E-state index in [2.05, 4.69) is 45.0 Å². The lowest BCUT2D eigenvalue weighted by Crippen LogP contribution is -2.17. The van der Waals surface area contributed by atoms with Gasteiger partial charge in [0.05, 0.1) is 0 Å². The summed E-state index contributed by atoms with van der Waals surface area (Å²) in [5.41, 5.74) is 9.08. The van der Waals surface area contributed by atoms with Gasteiger partial charge in [-0.1, -0.05) is 12.1 Å². The van der Waals surface area contributed by atoms with Crippen LogP contribution in [0.4, 0.5) is 5.69 Å². The first-order valence-electron chi connectivity index (χ1n) is 5.76. The Kier molecular flexibility index (Phi) is 4.33. The molecule has 3 nitrogen and oxygen atoms in total. The summed E-state index contributed by atoms with van der Waals surface area (Å²) in [5.74, 6) is 0. The van der Waals surface area contributed by atoms with Crippen LogP contribution in [0.5, 0.6) is 0 Å². The van der Waals surface area contributed by atoms with E-state index in [1.165, 1.54) is 11.1 Å². The Hall–Kier alpha value is -1.39. The van der Waals surface area contributed by atoms with Crippen LogP contribution in [-0.4, -0.2) is 16.9 Å². The minimum Gasteiger partial charge on any atom is -0.398 e. The van der Waals surface area contributed by atoms with Gasteiger partial charge in [-0.25, -0.2) is 0 Å². The molecule has 2 N–H and O–H groups in total. The SMILES string of the molecule is CN(Cc1cccnc1)Cc1ccc(Br)c(N)c1. The van der Waals surface area contributed by atoms with Gasteiger partial charge in [0, 0.05) is 35.6 Å².